The maximum atomic E-state index is 12.9. The number of methoxy groups -OCH3 is 1. The van der Waals surface area contributed by atoms with E-state index >= 15 is 0 Å². The summed E-state index contributed by atoms with van der Waals surface area (Å²) in [6.07, 6.45) is 5.07. The van der Waals surface area contributed by atoms with E-state index in [-0.39, 0.29) is 5.91 Å². The van der Waals surface area contributed by atoms with E-state index in [1.54, 1.807) is 13.3 Å². The number of ether oxygens (including phenoxy) is 1. The largest absolute Gasteiger partial charge is 0.380 e. The number of nitrogens with zero attached hydrogens (tertiary/aromatic N) is 4. The summed E-state index contributed by atoms with van der Waals surface area (Å²) in [5, 5.41) is 0. The van der Waals surface area contributed by atoms with E-state index in [1.807, 2.05) is 29.3 Å². The Labute approximate surface area is 166 Å². The summed E-state index contributed by atoms with van der Waals surface area (Å²) in [7, 11) is 1.77. The molecule has 4 rings (SSSR count). The van der Waals surface area contributed by atoms with Crippen LogP contribution in [0.25, 0.3) is 0 Å². The van der Waals surface area contributed by atoms with Crippen molar-refractivity contribution in [2.24, 2.45) is 0 Å². The number of anilines is 1. The highest BCUT2D eigenvalue weighted by molar-refractivity contribution is 5.94. The predicted molar refractivity (Wildman–Crippen MR) is 109 cm³/mol. The number of hydrogen-bond acceptors (Lipinski definition) is 5. The molecule has 2 aromatic rings. The maximum Gasteiger partial charge on any atom is 0.253 e. The van der Waals surface area contributed by atoms with E-state index in [0.29, 0.717) is 6.10 Å². The monoisotopic (exact) mass is 380 g/mol. The zero-order chi connectivity index (χ0) is 19.3. The first-order valence-corrected chi connectivity index (χ1v) is 10.0. The molecule has 1 amide bonds. The molecule has 0 N–H and O–H groups in total. The summed E-state index contributed by atoms with van der Waals surface area (Å²) >= 11 is 0. The van der Waals surface area contributed by atoms with Gasteiger partial charge < -0.3 is 14.5 Å². The number of amides is 1. The van der Waals surface area contributed by atoms with Crippen molar-refractivity contribution >= 4 is 11.6 Å². The first-order chi connectivity index (χ1) is 13.7. The van der Waals surface area contributed by atoms with E-state index in [0.717, 1.165) is 63.5 Å². The van der Waals surface area contributed by atoms with Crippen molar-refractivity contribution in [3.05, 3.63) is 59.9 Å². The Morgan fingerprint density at radius 1 is 1.11 bits per heavy atom. The van der Waals surface area contributed by atoms with Gasteiger partial charge in [0.05, 0.1) is 6.10 Å². The predicted octanol–water partition coefficient (Wildman–Crippen LogP) is 2.26. The van der Waals surface area contributed by atoms with Crippen LogP contribution in [0.5, 0.6) is 0 Å². The number of rotatable bonds is 5. The summed E-state index contributed by atoms with van der Waals surface area (Å²) in [5.74, 6) is 0.128. The van der Waals surface area contributed by atoms with Crippen molar-refractivity contribution in [3.8, 4) is 0 Å². The number of aromatic nitrogens is 1. The number of piperazine rings is 1. The van der Waals surface area contributed by atoms with E-state index in [9.17, 15) is 4.79 Å². The topological polar surface area (TPSA) is 48.9 Å². The fraction of sp³-hybridized carbons (Fsp3) is 0.455. The van der Waals surface area contributed by atoms with Crippen LogP contribution in [0.15, 0.2) is 48.8 Å². The van der Waals surface area contributed by atoms with Crippen molar-refractivity contribution in [3.63, 3.8) is 0 Å². The molecule has 1 aromatic heterocycles. The highest BCUT2D eigenvalue weighted by atomic mass is 16.5. The maximum absolute atomic E-state index is 12.9. The Morgan fingerprint density at radius 3 is 2.54 bits per heavy atom. The van der Waals surface area contributed by atoms with Gasteiger partial charge in [0.15, 0.2) is 0 Å². The summed E-state index contributed by atoms with van der Waals surface area (Å²) in [5.41, 5.74) is 3.15. The first kappa shape index (κ1) is 18.9. The summed E-state index contributed by atoms with van der Waals surface area (Å²) in [4.78, 5) is 23.7. The second-order valence-electron chi connectivity index (χ2n) is 7.57. The van der Waals surface area contributed by atoms with Gasteiger partial charge in [-0.1, -0.05) is 6.07 Å². The second-order valence-corrected chi connectivity index (χ2v) is 7.57. The van der Waals surface area contributed by atoms with Gasteiger partial charge in [-0.15, -0.1) is 0 Å². The third kappa shape index (κ3) is 4.34. The molecule has 0 unspecified atom stereocenters. The summed E-state index contributed by atoms with van der Waals surface area (Å²) < 4.78 is 5.44. The third-order valence-electron chi connectivity index (χ3n) is 5.75. The molecule has 6 heteroatoms. The number of hydrogen-bond donors (Lipinski definition) is 0. The van der Waals surface area contributed by atoms with Gasteiger partial charge in [0.1, 0.15) is 0 Å². The molecule has 0 saturated carbocycles. The molecule has 2 aliphatic heterocycles. The molecule has 1 atom stereocenters. The van der Waals surface area contributed by atoms with Gasteiger partial charge in [0.2, 0.25) is 0 Å². The van der Waals surface area contributed by atoms with Crippen molar-refractivity contribution in [1.82, 2.24) is 14.8 Å². The molecule has 0 radical (unpaired) electrons. The minimum Gasteiger partial charge on any atom is -0.380 e. The van der Waals surface area contributed by atoms with Crippen molar-refractivity contribution < 1.29 is 9.53 Å². The van der Waals surface area contributed by atoms with Crippen molar-refractivity contribution in [2.75, 3.05) is 51.3 Å². The zero-order valence-electron chi connectivity index (χ0n) is 16.5. The molecular formula is C22H28N4O2. The lowest BCUT2D eigenvalue weighted by Gasteiger charge is -2.34. The van der Waals surface area contributed by atoms with Crippen LogP contribution < -0.4 is 4.90 Å². The molecule has 2 fully saturated rings. The van der Waals surface area contributed by atoms with Crippen LogP contribution >= 0.6 is 0 Å². The van der Waals surface area contributed by atoms with Gasteiger partial charge in [0.25, 0.3) is 5.91 Å². The quantitative estimate of drug-likeness (QED) is 0.796. The average Bonchev–Trinajstić information content (AvgIpc) is 3.24. The van der Waals surface area contributed by atoms with Gasteiger partial charge in [-0.2, -0.15) is 0 Å². The summed E-state index contributed by atoms with van der Waals surface area (Å²) in [6.45, 7) is 6.14. The van der Waals surface area contributed by atoms with E-state index < -0.39 is 0 Å². The van der Waals surface area contributed by atoms with Crippen LogP contribution in [0.2, 0.25) is 0 Å². The Bertz CT molecular complexity index is 773. The number of benzene rings is 1. The minimum atomic E-state index is 0.128. The van der Waals surface area contributed by atoms with Gasteiger partial charge in [-0.25, -0.2) is 0 Å². The smallest absolute Gasteiger partial charge is 0.253 e. The second kappa shape index (κ2) is 8.71. The van der Waals surface area contributed by atoms with Crippen LogP contribution in [0, 0.1) is 0 Å². The SMILES string of the molecule is CO[C@H]1CCN(c2ccc(C(=O)N3CCN(Cc4cccnc4)CC3)cc2)C1. The average molecular weight is 380 g/mol. The molecule has 6 nitrogen and oxygen atoms in total. The van der Waals surface area contributed by atoms with Crippen molar-refractivity contribution in [1.29, 1.82) is 0 Å². The van der Waals surface area contributed by atoms with E-state index in [1.165, 1.54) is 5.56 Å². The Kier molecular flexibility index (Phi) is 5.88. The highest BCUT2D eigenvalue weighted by Gasteiger charge is 2.24. The van der Waals surface area contributed by atoms with Gasteiger partial charge in [-0.05, 0) is 42.3 Å². The summed E-state index contributed by atoms with van der Waals surface area (Å²) in [6, 6.07) is 12.1. The zero-order valence-corrected chi connectivity index (χ0v) is 16.5. The molecule has 28 heavy (non-hydrogen) atoms. The number of carbonyl (C=O) groups excluding carboxylic acids is 1. The molecule has 148 valence electrons. The normalized spacial score (nSPS) is 20.5. The van der Waals surface area contributed by atoms with Gasteiger partial charge >= 0.3 is 0 Å². The van der Waals surface area contributed by atoms with Crippen LogP contribution in [0.4, 0.5) is 5.69 Å². The lowest BCUT2D eigenvalue weighted by molar-refractivity contribution is 0.0628. The molecule has 0 bridgehead atoms. The van der Waals surface area contributed by atoms with E-state index in [2.05, 4.69) is 33.0 Å². The third-order valence-corrected chi connectivity index (χ3v) is 5.75. The Balaban J connectivity index is 1.30. The Hall–Kier alpha value is -2.44. The standard InChI is InChI=1S/C22H28N4O2/c1-28-21-8-10-26(17-21)20-6-4-19(5-7-20)22(27)25-13-11-24(12-14-25)16-18-3-2-9-23-15-18/h2-7,9,15,21H,8,10-14,16-17H2,1H3/t21-/m0/s1. The van der Waals surface area contributed by atoms with Gasteiger partial charge in [0, 0.05) is 76.6 Å². The first-order valence-electron chi connectivity index (χ1n) is 10.0. The molecule has 0 spiro atoms. The fourth-order valence-corrected chi connectivity index (χ4v) is 4.01. The molecule has 0 aliphatic carbocycles. The van der Waals surface area contributed by atoms with Crippen LogP contribution in [0.3, 0.4) is 0 Å². The number of carbonyl (C=O) groups is 1. The molecule has 3 heterocycles. The van der Waals surface area contributed by atoms with Crippen LogP contribution in [0.1, 0.15) is 22.3 Å². The highest BCUT2D eigenvalue weighted by Crippen LogP contribution is 2.22. The minimum absolute atomic E-state index is 0.128. The molecule has 2 saturated heterocycles. The number of pyridine rings is 1. The lowest BCUT2D eigenvalue weighted by atomic mass is 10.1. The van der Waals surface area contributed by atoms with E-state index in [4.69, 9.17) is 4.74 Å². The lowest BCUT2D eigenvalue weighted by Crippen LogP contribution is -2.48. The Morgan fingerprint density at radius 2 is 1.89 bits per heavy atom. The van der Waals surface area contributed by atoms with Gasteiger partial charge in [-0.3, -0.25) is 14.7 Å². The fourth-order valence-electron chi connectivity index (χ4n) is 4.01. The molecule has 1 aromatic carbocycles. The van der Waals surface area contributed by atoms with Crippen molar-refractivity contribution in [2.45, 2.75) is 19.1 Å². The van der Waals surface area contributed by atoms with Crippen LogP contribution in [-0.2, 0) is 11.3 Å². The molecule has 2 aliphatic rings. The molecular weight excluding hydrogens is 352 g/mol. The van der Waals surface area contributed by atoms with Crippen LogP contribution in [-0.4, -0.2) is 73.2 Å².